The number of aliphatic hydroxyl groups is 1. The van der Waals surface area contributed by atoms with Crippen molar-refractivity contribution in [2.45, 2.75) is 19.4 Å². The second kappa shape index (κ2) is 7.01. The van der Waals surface area contributed by atoms with Crippen molar-refractivity contribution >= 4 is 11.6 Å². The van der Waals surface area contributed by atoms with Gasteiger partial charge in [-0.1, -0.05) is 31.2 Å². The van der Waals surface area contributed by atoms with Crippen LogP contribution >= 0.6 is 0 Å². The minimum atomic E-state index is -0.661. The number of rotatable bonds is 6. The number of benzene rings is 1. The maximum Gasteiger partial charge on any atom is 0.320 e. The zero-order chi connectivity index (χ0) is 17.0. The Balaban J connectivity index is 2.23. The average Bonchev–Trinajstić information content (AvgIpc) is 2.94. The predicted molar refractivity (Wildman–Crippen MR) is 83.0 cm³/mol. The van der Waals surface area contributed by atoms with E-state index in [1.807, 2.05) is 31.2 Å². The summed E-state index contributed by atoms with van der Waals surface area (Å²) >= 11 is 0. The maximum atomic E-state index is 12.3. The SMILES string of the molecule is CCc1ccc(C(CO)NC(=O)c2c([N+](=O)[O-])cnn2C)cc1. The number of nitro groups is 1. The van der Waals surface area contributed by atoms with E-state index in [1.165, 1.54) is 7.05 Å². The Hall–Kier alpha value is -2.74. The smallest absolute Gasteiger partial charge is 0.320 e. The number of nitrogens with one attached hydrogen (secondary N) is 1. The number of hydrogen-bond acceptors (Lipinski definition) is 5. The van der Waals surface area contributed by atoms with Gasteiger partial charge in [0.2, 0.25) is 5.69 Å². The van der Waals surface area contributed by atoms with E-state index < -0.39 is 16.9 Å². The largest absolute Gasteiger partial charge is 0.394 e. The number of amides is 1. The molecule has 0 saturated carbocycles. The fraction of sp³-hybridized carbons (Fsp3) is 0.333. The van der Waals surface area contributed by atoms with Crippen LogP contribution in [0.1, 0.15) is 34.6 Å². The van der Waals surface area contributed by atoms with Crippen LogP contribution < -0.4 is 5.32 Å². The zero-order valence-electron chi connectivity index (χ0n) is 12.9. The summed E-state index contributed by atoms with van der Waals surface area (Å²) in [6.07, 6.45) is 1.91. The van der Waals surface area contributed by atoms with Crippen LogP contribution in [0.25, 0.3) is 0 Å². The van der Waals surface area contributed by atoms with E-state index in [1.54, 1.807) is 0 Å². The molecule has 8 nitrogen and oxygen atoms in total. The average molecular weight is 318 g/mol. The minimum absolute atomic E-state index is 0.154. The van der Waals surface area contributed by atoms with E-state index in [9.17, 15) is 20.0 Å². The van der Waals surface area contributed by atoms with Gasteiger partial charge >= 0.3 is 5.69 Å². The number of aliphatic hydroxyl groups excluding tert-OH is 1. The van der Waals surface area contributed by atoms with Crippen molar-refractivity contribution in [2.24, 2.45) is 7.05 Å². The van der Waals surface area contributed by atoms with Gasteiger partial charge in [-0.2, -0.15) is 5.10 Å². The van der Waals surface area contributed by atoms with E-state index in [4.69, 9.17) is 0 Å². The van der Waals surface area contributed by atoms with Crippen LogP contribution in [0, 0.1) is 10.1 Å². The number of aryl methyl sites for hydroxylation is 2. The Morgan fingerprint density at radius 2 is 2.09 bits per heavy atom. The van der Waals surface area contributed by atoms with Gasteiger partial charge in [-0.25, -0.2) is 0 Å². The summed E-state index contributed by atoms with van der Waals surface area (Å²) in [6, 6.07) is 6.81. The molecule has 8 heteroatoms. The molecule has 1 heterocycles. The first kappa shape index (κ1) is 16.6. The van der Waals surface area contributed by atoms with Crippen molar-refractivity contribution in [3.8, 4) is 0 Å². The highest BCUT2D eigenvalue weighted by Gasteiger charge is 2.27. The summed E-state index contributed by atoms with van der Waals surface area (Å²) < 4.78 is 1.14. The lowest BCUT2D eigenvalue weighted by Gasteiger charge is -2.17. The molecule has 1 unspecified atom stereocenters. The van der Waals surface area contributed by atoms with Crippen LogP contribution in [0.3, 0.4) is 0 Å². The zero-order valence-corrected chi connectivity index (χ0v) is 12.9. The van der Waals surface area contributed by atoms with E-state index >= 15 is 0 Å². The molecule has 1 amide bonds. The molecular formula is C15H18N4O4. The third-order valence-electron chi connectivity index (χ3n) is 3.61. The van der Waals surface area contributed by atoms with Gasteiger partial charge in [0, 0.05) is 7.05 Å². The van der Waals surface area contributed by atoms with Gasteiger partial charge < -0.3 is 10.4 Å². The molecule has 0 saturated heterocycles. The van der Waals surface area contributed by atoms with Gasteiger partial charge in [0.25, 0.3) is 5.91 Å². The van der Waals surface area contributed by atoms with E-state index in [-0.39, 0.29) is 18.0 Å². The molecule has 122 valence electrons. The third kappa shape index (κ3) is 3.54. The molecule has 0 spiro atoms. The first-order valence-electron chi connectivity index (χ1n) is 7.14. The first-order chi connectivity index (χ1) is 11.0. The molecule has 2 N–H and O–H groups in total. The van der Waals surface area contributed by atoms with Crippen LogP contribution in [-0.4, -0.2) is 32.3 Å². The van der Waals surface area contributed by atoms with Crippen molar-refractivity contribution < 1.29 is 14.8 Å². The van der Waals surface area contributed by atoms with Crippen molar-refractivity contribution in [1.29, 1.82) is 0 Å². The highest BCUT2D eigenvalue weighted by molar-refractivity contribution is 5.96. The molecule has 1 aromatic heterocycles. The monoisotopic (exact) mass is 318 g/mol. The number of aromatic nitrogens is 2. The van der Waals surface area contributed by atoms with Gasteiger partial charge in [-0.05, 0) is 17.5 Å². The predicted octanol–water partition coefficient (Wildman–Crippen LogP) is 1.35. The summed E-state index contributed by atoms with van der Waals surface area (Å²) in [4.78, 5) is 22.6. The van der Waals surface area contributed by atoms with E-state index in [0.717, 1.165) is 28.4 Å². The van der Waals surface area contributed by atoms with Crippen LogP contribution in [0.15, 0.2) is 30.5 Å². The molecule has 0 radical (unpaired) electrons. The second-order valence-electron chi connectivity index (χ2n) is 5.06. The minimum Gasteiger partial charge on any atom is -0.394 e. The summed E-state index contributed by atoms with van der Waals surface area (Å²) in [5.74, 6) is -0.657. The fourth-order valence-corrected chi connectivity index (χ4v) is 2.27. The second-order valence-corrected chi connectivity index (χ2v) is 5.06. The number of carbonyl (C=O) groups is 1. The highest BCUT2D eigenvalue weighted by Crippen LogP contribution is 2.19. The molecule has 1 aromatic carbocycles. The molecule has 0 aliphatic rings. The Labute approximate surface area is 132 Å². The summed E-state index contributed by atoms with van der Waals surface area (Å²) in [5.41, 5.74) is 1.34. The molecule has 1 atom stereocenters. The Morgan fingerprint density at radius 1 is 1.43 bits per heavy atom. The van der Waals surface area contributed by atoms with Crippen molar-refractivity contribution in [2.75, 3.05) is 6.61 Å². The standard InChI is InChI=1S/C15H18N4O4/c1-3-10-4-6-11(7-5-10)12(9-20)17-15(21)14-13(19(22)23)8-16-18(14)2/h4-8,12,20H,3,9H2,1-2H3,(H,17,21). The maximum absolute atomic E-state index is 12.3. The van der Waals surface area contributed by atoms with Crippen LogP contribution in [0.2, 0.25) is 0 Å². The lowest BCUT2D eigenvalue weighted by Crippen LogP contribution is -2.32. The number of hydrogen-bond donors (Lipinski definition) is 2. The van der Waals surface area contributed by atoms with Crippen LogP contribution in [-0.2, 0) is 13.5 Å². The van der Waals surface area contributed by atoms with Crippen LogP contribution in [0.5, 0.6) is 0 Å². The van der Waals surface area contributed by atoms with Gasteiger partial charge in [0.1, 0.15) is 6.20 Å². The molecule has 23 heavy (non-hydrogen) atoms. The molecule has 0 aliphatic carbocycles. The molecule has 2 rings (SSSR count). The van der Waals surface area contributed by atoms with Crippen molar-refractivity contribution in [1.82, 2.24) is 15.1 Å². The quantitative estimate of drug-likeness (QED) is 0.617. The Bertz CT molecular complexity index is 709. The Morgan fingerprint density at radius 3 is 2.61 bits per heavy atom. The summed E-state index contributed by atoms with van der Waals surface area (Å²) in [7, 11) is 1.45. The van der Waals surface area contributed by atoms with Gasteiger partial charge in [0.15, 0.2) is 0 Å². The number of carbonyl (C=O) groups excluding carboxylic acids is 1. The molecule has 0 fully saturated rings. The summed E-state index contributed by atoms with van der Waals surface area (Å²) in [6.45, 7) is 1.71. The van der Waals surface area contributed by atoms with Crippen molar-refractivity contribution in [3.05, 3.63) is 57.4 Å². The lowest BCUT2D eigenvalue weighted by molar-refractivity contribution is -0.385. The van der Waals surface area contributed by atoms with Crippen LogP contribution in [0.4, 0.5) is 5.69 Å². The highest BCUT2D eigenvalue weighted by atomic mass is 16.6. The molecular weight excluding hydrogens is 300 g/mol. The van der Waals surface area contributed by atoms with Gasteiger partial charge in [-0.15, -0.1) is 0 Å². The lowest BCUT2D eigenvalue weighted by atomic mass is 10.0. The third-order valence-corrected chi connectivity index (χ3v) is 3.61. The van der Waals surface area contributed by atoms with Gasteiger partial charge in [-0.3, -0.25) is 19.6 Å². The first-order valence-corrected chi connectivity index (χ1v) is 7.14. The van der Waals surface area contributed by atoms with Crippen molar-refractivity contribution in [3.63, 3.8) is 0 Å². The molecule has 2 aromatic rings. The van der Waals surface area contributed by atoms with E-state index in [0.29, 0.717) is 0 Å². The Kier molecular flexibility index (Phi) is 5.07. The molecule has 0 bridgehead atoms. The number of nitrogens with zero attached hydrogens (tertiary/aromatic N) is 3. The topological polar surface area (TPSA) is 110 Å². The van der Waals surface area contributed by atoms with Gasteiger partial charge in [0.05, 0.1) is 17.6 Å². The van der Waals surface area contributed by atoms with E-state index in [2.05, 4.69) is 10.4 Å². The summed E-state index contributed by atoms with van der Waals surface area (Å²) in [5, 5.41) is 26.8. The fourth-order valence-electron chi connectivity index (χ4n) is 2.27. The normalized spacial score (nSPS) is 12.0. The molecule has 0 aliphatic heterocycles.